The molecule has 5 heteroatoms. The minimum atomic E-state index is -0.0860. The molecule has 0 aliphatic heterocycles. The molecule has 0 N–H and O–H groups in total. The van der Waals surface area contributed by atoms with Crippen LogP contribution in [0.4, 0.5) is 0 Å². The van der Waals surface area contributed by atoms with Gasteiger partial charge in [-0.2, -0.15) is 0 Å². The first-order valence-electron chi connectivity index (χ1n) is 8.97. The number of aryl methyl sites for hydroxylation is 1. The second-order valence-electron chi connectivity index (χ2n) is 6.05. The van der Waals surface area contributed by atoms with Gasteiger partial charge in [0.05, 0.1) is 20.3 Å². The van der Waals surface area contributed by atoms with Gasteiger partial charge in [-0.05, 0) is 49.2 Å². The predicted octanol–water partition coefficient (Wildman–Crippen LogP) is 3.95. The van der Waals surface area contributed by atoms with Gasteiger partial charge in [0.25, 0.3) is 0 Å². The molecule has 144 valence electrons. The maximum Gasteiger partial charge on any atom is 0.246 e. The molecule has 0 aromatic heterocycles. The first-order valence-corrected chi connectivity index (χ1v) is 8.97. The van der Waals surface area contributed by atoms with E-state index in [0.717, 1.165) is 16.9 Å². The fraction of sp³-hybridized carbons (Fsp3) is 0.318. The molecule has 0 aliphatic carbocycles. The lowest BCUT2D eigenvalue weighted by atomic mass is 10.2. The van der Waals surface area contributed by atoms with E-state index < -0.39 is 0 Å². The monoisotopic (exact) mass is 369 g/mol. The van der Waals surface area contributed by atoms with E-state index in [2.05, 4.69) is 0 Å². The van der Waals surface area contributed by atoms with Crippen LogP contribution < -0.4 is 14.2 Å². The summed E-state index contributed by atoms with van der Waals surface area (Å²) in [7, 11) is 3.36. The summed E-state index contributed by atoms with van der Waals surface area (Å²) in [5, 5.41) is 0. The number of hydrogen-bond donors (Lipinski definition) is 0. The zero-order valence-corrected chi connectivity index (χ0v) is 16.4. The average Bonchev–Trinajstić information content (AvgIpc) is 2.68. The third kappa shape index (κ3) is 6.06. The van der Waals surface area contributed by atoms with Crippen molar-refractivity contribution >= 4 is 12.0 Å². The van der Waals surface area contributed by atoms with Crippen molar-refractivity contribution in [3.05, 3.63) is 59.7 Å². The summed E-state index contributed by atoms with van der Waals surface area (Å²) in [6.07, 6.45) is 3.31. The Bertz CT molecular complexity index is 786. The summed E-state index contributed by atoms with van der Waals surface area (Å²) >= 11 is 0. The Morgan fingerprint density at radius 2 is 1.85 bits per heavy atom. The van der Waals surface area contributed by atoms with Crippen LogP contribution in [0.25, 0.3) is 6.08 Å². The fourth-order valence-electron chi connectivity index (χ4n) is 2.48. The molecule has 0 heterocycles. The highest BCUT2D eigenvalue weighted by atomic mass is 16.5. The van der Waals surface area contributed by atoms with Gasteiger partial charge < -0.3 is 19.1 Å². The van der Waals surface area contributed by atoms with Gasteiger partial charge in [0.1, 0.15) is 12.4 Å². The summed E-state index contributed by atoms with van der Waals surface area (Å²) in [6.45, 7) is 5.41. The summed E-state index contributed by atoms with van der Waals surface area (Å²) in [6, 6.07) is 13.4. The summed E-state index contributed by atoms with van der Waals surface area (Å²) < 4.78 is 16.6. The number of hydrogen-bond acceptors (Lipinski definition) is 4. The number of benzene rings is 2. The van der Waals surface area contributed by atoms with E-state index in [1.165, 1.54) is 0 Å². The molecule has 27 heavy (non-hydrogen) atoms. The Hall–Kier alpha value is -2.95. The van der Waals surface area contributed by atoms with E-state index in [4.69, 9.17) is 14.2 Å². The van der Waals surface area contributed by atoms with Gasteiger partial charge in [0, 0.05) is 13.1 Å². The zero-order chi connectivity index (χ0) is 19.6. The Balaban J connectivity index is 1.89. The van der Waals surface area contributed by atoms with Gasteiger partial charge in [0.2, 0.25) is 5.91 Å². The first-order chi connectivity index (χ1) is 13.0. The topological polar surface area (TPSA) is 48.0 Å². The molecular formula is C22H27NO4. The SMILES string of the molecule is CCOc1cc(/C=C/C(=O)N(C)CCOc2ccccc2C)ccc1OC. The number of amides is 1. The van der Waals surface area contributed by atoms with Crippen LogP contribution in [-0.2, 0) is 4.79 Å². The Kier molecular flexibility index (Phi) is 7.74. The molecule has 2 aromatic carbocycles. The van der Waals surface area contributed by atoms with Gasteiger partial charge >= 0.3 is 0 Å². The van der Waals surface area contributed by atoms with E-state index in [9.17, 15) is 4.79 Å². The van der Waals surface area contributed by atoms with Gasteiger partial charge in [0.15, 0.2) is 11.5 Å². The van der Waals surface area contributed by atoms with Crippen molar-refractivity contribution in [2.24, 2.45) is 0 Å². The zero-order valence-electron chi connectivity index (χ0n) is 16.4. The highest BCUT2D eigenvalue weighted by molar-refractivity contribution is 5.91. The average molecular weight is 369 g/mol. The molecule has 2 rings (SSSR count). The standard InChI is InChI=1S/C22H27NO4/c1-5-26-21-16-18(10-12-20(21)25-4)11-13-22(24)23(3)14-15-27-19-9-7-6-8-17(19)2/h6-13,16H,5,14-15H2,1-4H3/b13-11+. The van der Waals surface area contributed by atoms with Crippen molar-refractivity contribution in [2.45, 2.75) is 13.8 Å². The van der Waals surface area contributed by atoms with Gasteiger partial charge in [-0.3, -0.25) is 4.79 Å². The molecule has 0 aliphatic rings. The molecule has 0 bridgehead atoms. The van der Waals surface area contributed by atoms with Gasteiger partial charge in [-0.15, -0.1) is 0 Å². The molecule has 2 aromatic rings. The van der Waals surface area contributed by atoms with E-state index in [1.807, 2.05) is 56.3 Å². The molecule has 1 amide bonds. The second kappa shape index (κ2) is 10.3. The predicted molar refractivity (Wildman–Crippen MR) is 108 cm³/mol. The minimum absolute atomic E-state index is 0.0860. The minimum Gasteiger partial charge on any atom is -0.493 e. The van der Waals surface area contributed by atoms with Crippen LogP contribution in [0, 0.1) is 6.92 Å². The third-order valence-electron chi connectivity index (χ3n) is 4.06. The van der Waals surface area contributed by atoms with Crippen LogP contribution in [0.1, 0.15) is 18.1 Å². The molecule has 0 atom stereocenters. The van der Waals surface area contributed by atoms with E-state index in [1.54, 1.807) is 31.2 Å². The highest BCUT2D eigenvalue weighted by Crippen LogP contribution is 2.28. The fourth-order valence-corrected chi connectivity index (χ4v) is 2.48. The highest BCUT2D eigenvalue weighted by Gasteiger charge is 2.07. The Morgan fingerprint density at radius 1 is 1.07 bits per heavy atom. The molecule has 0 saturated heterocycles. The lowest BCUT2D eigenvalue weighted by molar-refractivity contribution is -0.125. The molecule has 5 nitrogen and oxygen atoms in total. The lowest BCUT2D eigenvalue weighted by Crippen LogP contribution is -2.29. The molecule has 0 saturated carbocycles. The number of rotatable bonds is 9. The molecule has 0 radical (unpaired) electrons. The maximum atomic E-state index is 12.3. The quantitative estimate of drug-likeness (QED) is 0.628. The molecule has 0 spiro atoms. The molecule has 0 fully saturated rings. The smallest absolute Gasteiger partial charge is 0.246 e. The van der Waals surface area contributed by atoms with Crippen LogP contribution in [0.5, 0.6) is 17.2 Å². The van der Waals surface area contributed by atoms with E-state index in [0.29, 0.717) is 31.3 Å². The first kappa shape index (κ1) is 20.4. The summed E-state index contributed by atoms with van der Waals surface area (Å²) in [5.74, 6) is 2.09. The van der Waals surface area contributed by atoms with Crippen LogP contribution in [0.3, 0.4) is 0 Å². The number of ether oxygens (including phenoxy) is 3. The summed E-state index contributed by atoms with van der Waals surface area (Å²) in [5.41, 5.74) is 1.95. The number of carbonyl (C=O) groups excluding carboxylic acids is 1. The van der Waals surface area contributed by atoms with Crippen molar-refractivity contribution in [2.75, 3.05) is 33.9 Å². The van der Waals surface area contributed by atoms with Crippen molar-refractivity contribution in [3.63, 3.8) is 0 Å². The Labute approximate surface area is 161 Å². The molecular weight excluding hydrogens is 342 g/mol. The largest absolute Gasteiger partial charge is 0.493 e. The van der Waals surface area contributed by atoms with Crippen LogP contribution in [0.2, 0.25) is 0 Å². The number of likely N-dealkylation sites (N-methyl/N-ethyl adjacent to an activating group) is 1. The number of methoxy groups -OCH3 is 1. The maximum absolute atomic E-state index is 12.3. The van der Waals surface area contributed by atoms with Crippen LogP contribution >= 0.6 is 0 Å². The molecule has 0 unspecified atom stereocenters. The lowest BCUT2D eigenvalue weighted by Gasteiger charge is -2.16. The normalized spacial score (nSPS) is 10.7. The number of nitrogens with zero attached hydrogens (tertiary/aromatic N) is 1. The summed E-state index contributed by atoms with van der Waals surface area (Å²) in [4.78, 5) is 13.9. The Morgan fingerprint density at radius 3 is 2.56 bits per heavy atom. The number of para-hydroxylation sites is 1. The second-order valence-corrected chi connectivity index (χ2v) is 6.05. The van der Waals surface area contributed by atoms with Crippen molar-refractivity contribution in [1.82, 2.24) is 4.90 Å². The van der Waals surface area contributed by atoms with Crippen molar-refractivity contribution in [1.29, 1.82) is 0 Å². The number of carbonyl (C=O) groups is 1. The van der Waals surface area contributed by atoms with Crippen molar-refractivity contribution < 1.29 is 19.0 Å². The van der Waals surface area contributed by atoms with Crippen LogP contribution in [-0.4, -0.2) is 44.7 Å². The third-order valence-corrected chi connectivity index (χ3v) is 4.06. The van der Waals surface area contributed by atoms with E-state index in [-0.39, 0.29) is 5.91 Å². The van der Waals surface area contributed by atoms with Crippen molar-refractivity contribution in [3.8, 4) is 17.2 Å². The van der Waals surface area contributed by atoms with Crippen LogP contribution in [0.15, 0.2) is 48.5 Å². The van der Waals surface area contributed by atoms with Gasteiger partial charge in [-0.1, -0.05) is 24.3 Å². The van der Waals surface area contributed by atoms with E-state index >= 15 is 0 Å². The van der Waals surface area contributed by atoms with Gasteiger partial charge in [-0.25, -0.2) is 0 Å².